The quantitative estimate of drug-likeness (QED) is 0.794. The minimum Gasteiger partial charge on any atom is -0.481 e. The number of nitrogens with one attached hydrogen (secondary N) is 1. The fraction of sp³-hybridized carbons (Fsp3) is 0.857. The normalized spacial score (nSPS) is 28.0. The van der Waals surface area contributed by atoms with Crippen LogP contribution in [-0.2, 0) is 9.59 Å². The van der Waals surface area contributed by atoms with Crippen molar-refractivity contribution in [1.82, 2.24) is 10.2 Å². The molecule has 2 fully saturated rings. The third-order valence-electron chi connectivity index (χ3n) is 4.25. The molecule has 2 N–H and O–H groups in total. The molecule has 1 amide bonds. The van der Waals surface area contributed by atoms with Gasteiger partial charge in [-0.25, -0.2) is 0 Å². The second-order valence-corrected chi connectivity index (χ2v) is 6.81. The second-order valence-electron chi connectivity index (χ2n) is 5.58. The molecule has 1 saturated carbocycles. The highest BCUT2D eigenvalue weighted by Crippen LogP contribution is 2.30. The zero-order valence-electron chi connectivity index (χ0n) is 11.8. The molecule has 0 aromatic carbocycles. The zero-order chi connectivity index (χ0) is 14.4. The van der Waals surface area contributed by atoms with Crippen molar-refractivity contribution >= 4 is 23.6 Å². The van der Waals surface area contributed by atoms with Crippen LogP contribution in [0.2, 0.25) is 0 Å². The Morgan fingerprint density at radius 1 is 1.15 bits per heavy atom. The highest BCUT2D eigenvalue weighted by molar-refractivity contribution is 7.99. The van der Waals surface area contributed by atoms with E-state index in [0.29, 0.717) is 19.4 Å². The van der Waals surface area contributed by atoms with Crippen LogP contribution in [0.4, 0.5) is 0 Å². The van der Waals surface area contributed by atoms with Gasteiger partial charge in [-0.15, -0.1) is 0 Å². The van der Waals surface area contributed by atoms with Crippen molar-refractivity contribution < 1.29 is 14.7 Å². The topological polar surface area (TPSA) is 69.6 Å². The number of carbonyl (C=O) groups is 2. The Bertz CT molecular complexity index is 345. The fourth-order valence-electron chi connectivity index (χ4n) is 3.03. The van der Waals surface area contributed by atoms with Crippen molar-refractivity contribution in [3.05, 3.63) is 0 Å². The molecule has 1 aliphatic heterocycles. The van der Waals surface area contributed by atoms with Crippen LogP contribution in [0.15, 0.2) is 0 Å². The number of carboxylic acids is 1. The molecule has 1 heterocycles. The summed E-state index contributed by atoms with van der Waals surface area (Å²) in [6.07, 6.45) is 3.23. The lowest BCUT2D eigenvalue weighted by Crippen LogP contribution is -2.43. The van der Waals surface area contributed by atoms with E-state index in [4.69, 9.17) is 0 Å². The van der Waals surface area contributed by atoms with E-state index in [1.807, 2.05) is 11.8 Å². The second kappa shape index (κ2) is 7.88. The molecule has 0 aromatic rings. The largest absolute Gasteiger partial charge is 0.481 e. The Balaban J connectivity index is 1.73. The molecule has 2 unspecified atom stereocenters. The van der Waals surface area contributed by atoms with E-state index in [9.17, 15) is 14.7 Å². The van der Waals surface area contributed by atoms with E-state index in [2.05, 4.69) is 10.2 Å². The Hall–Kier alpha value is -0.750. The summed E-state index contributed by atoms with van der Waals surface area (Å²) in [5.41, 5.74) is 0. The first kappa shape index (κ1) is 15.6. The van der Waals surface area contributed by atoms with Crippen molar-refractivity contribution in [2.24, 2.45) is 11.8 Å². The van der Waals surface area contributed by atoms with Crippen molar-refractivity contribution in [2.75, 3.05) is 37.7 Å². The number of amides is 1. The minimum atomic E-state index is -0.821. The molecule has 0 bridgehead atoms. The Labute approximate surface area is 124 Å². The van der Waals surface area contributed by atoms with Gasteiger partial charge in [-0.05, 0) is 12.8 Å². The average Bonchev–Trinajstić information content (AvgIpc) is 2.48. The molecule has 114 valence electrons. The number of aliphatic carboxylic acids is 1. The summed E-state index contributed by atoms with van der Waals surface area (Å²) in [4.78, 5) is 25.7. The summed E-state index contributed by atoms with van der Waals surface area (Å²) in [6.45, 7) is 3.67. The van der Waals surface area contributed by atoms with Gasteiger partial charge in [0.2, 0.25) is 5.91 Å². The lowest BCUT2D eigenvalue weighted by Gasteiger charge is -2.29. The number of hydrogen-bond donors (Lipinski definition) is 2. The first-order chi connectivity index (χ1) is 9.68. The van der Waals surface area contributed by atoms with Gasteiger partial charge in [0, 0.05) is 37.7 Å². The average molecular weight is 300 g/mol. The van der Waals surface area contributed by atoms with Crippen LogP contribution < -0.4 is 5.32 Å². The van der Waals surface area contributed by atoms with Crippen LogP contribution in [0, 0.1) is 11.8 Å². The molecular weight excluding hydrogens is 276 g/mol. The van der Waals surface area contributed by atoms with Crippen molar-refractivity contribution in [3.8, 4) is 0 Å². The standard InChI is InChI=1S/C14H24N2O3S/c17-13(11-3-1-2-4-12(11)14(18)19)15-5-6-16-7-9-20-10-8-16/h11-12H,1-10H2,(H,15,17)(H,18,19). The molecule has 5 nitrogen and oxygen atoms in total. The van der Waals surface area contributed by atoms with Crippen molar-refractivity contribution in [1.29, 1.82) is 0 Å². The molecule has 1 aliphatic carbocycles. The van der Waals surface area contributed by atoms with E-state index < -0.39 is 11.9 Å². The van der Waals surface area contributed by atoms with Gasteiger partial charge in [0.05, 0.1) is 11.8 Å². The van der Waals surface area contributed by atoms with Gasteiger partial charge in [0.15, 0.2) is 0 Å². The van der Waals surface area contributed by atoms with Crippen LogP contribution in [0.25, 0.3) is 0 Å². The molecule has 6 heteroatoms. The summed E-state index contributed by atoms with van der Waals surface area (Å²) in [5, 5.41) is 12.1. The molecular formula is C14H24N2O3S. The van der Waals surface area contributed by atoms with E-state index in [1.165, 1.54) is 0 Å². The molecule has 1 saturated heterocycles. The van der Waals surface area contributed by atoms with Gasteiger partial charge in [-0.3, -0.25) is 14.5 Å². The number of nitrogens with zero attached hydrogens (tertiary/aromatic N) is 1. The van der Waals surface area contributed by atoms with Crippen LogP contribution >= 0.6 is 11.8 Å². The van der Waals surface area contributed by atoms with Gasteiger partial charge in [0.1, 0.15) is 0 Å². The number of hydrogen-bond acceptors (Lipinski definition) is 4. The monoisotopic (exact) mass is 300 g/mol. The van der Waals surface area contributed by atoms with E-state index in [-0.39, 0.29) is 11.8 Å². The predicted molar refractivity (Wildman–Crippen MR) is 79.9 cm³/mol. The predicted octanol–water partition coefficient (Wildman–Crippen LogP) is 1.04. The Kier molecular flexibility index (Phi) is 6.16. The number of carbonyl (C=O) groups excluding carboxylic acids is 1. The molecule has 0 radical (unpaired) electrons. The Morgan fingerprint density at radius 2 is 1.80 bits per heavy atom. The maximum atomic E-state index is 12.2. The zero-order valence-corrected chi connectivity index (χ0v) is 12.7. The molecule has 0 aromatic heterocycles. The number of carboxylic acid groups (broad SMARTS) is 1. The molecule has 2 atom stereocenters. The van der Waals surface area contributed by atoms with Gasteiger partial charge >= 0.3 is 5.97 Å². The van der Waals surface area contributed by atoms with Crippen molar-refractivity contribution in [2.45, 2.75) is 25.7 Å². The van der Waals surface area contributed by atoms with Crippen LogP contribution in [-0.4, -0.2) is 59.6 Å². The highest BCUT2D eigenvalue weighted by atomic mass is 32.2. The smallest absolute Gasteiger partial charge is 0.307 e. The summed E-state index contributed by atoms with van der Waals surface area (Å²) < 4.78 is 0. The third-order valence-corrected chi connectivity index (χ3v) is 5.19. The summed E-state index contributed by atoms with van der Waals surface area (Å²) in [7, 11) is 0. The highest BCUT2D eigenvalue weighted by Gasteiger charge is 2.35. The van der Waals surface area contributed by atoms with E-state index in [1.54, 1.807) is 0 Å². The SMILES string of the molecule is O=C(O)C1CCCCC1C(=O)NCCN1CCSCC1. The number of thioether (sulfide) groups is 1. The maximum Gasteiger partial charge on any atom is 0.307 e. The molecule has 0 spiro atoms. The fourth-order valence-corrected chi connectivity index (χ4v) is 4.01. The molecule has 2 aliphatic rings. The van der Waals surface area contributed by atoms with Crippen LogP contribution in [0.3, 0.4) is 0 Å². The van der Waals surface area contributed by atoms with Crippen LogP contribution in [0.5, 0.6) is 0 Å². The lowest BCUT2D eigenvalue weighted by atomic mass is 9.79. The van der Waals surface area contributed by atoms with E-state index in [0.717, 1.165) is 44.0 Å². The third kappa shape index (κ3) is 4.38. The minimum absolute atomic E-state index is 0.0662. The van der Waals surface area contributed by atoms with Gasteiger partial charge in [-0.1, -0.05) is 12.8 Å². The first-order valence-electron chi connectivity index (χ1n) is 7.49. The molecule has 2 rings (SSSR count). The van der Waals surface area contributed by atoms with Crippen molar-refractivity contribution in [3.63, 3.8) is 0 Å². The van der Waals surface area contributed by atoms with Crippen LogP contribution in [0.1, 0.15) is 25.7 Å². The summed E-state index contributed by atoms with van der Waals surface area (Å²) in [6, 6.07) is 0. The summed E-state index contributed by atoms with van der Waals surface area (Å²) in [5.74, 6) is 0.615. The van der Waals surface area contributed by atoms with E-state index >= 15 is 0 Å². The maximum absolute atomic E-state index is 12.2. The number of rotatable bonds is 5. The Morgan fingerprint density at radius 3 is 2.45 bits per heavy atom. The van der Waals surface area contributed by atoms with Gasteiger partial charge in [-0.2, -0.15) is 11.8 Å². The van der Waals surface area contributed by atoms with Gasteiger partial charge < -0.3 is 10.4 Å². The lowest BCUT2D eigenvalue weighted by molar-refractivity contribution is -0.148. The molecule has 20 heavy (non-hydrogen) atoms. The first-order valence-corrected chi connectivity index (χ1v) is 8.64. The van der Waals surface area contributed by atoms with Gasteiger partial charge in [0.25, 0.3) is 0 Å². The summed E-state index contributed by atoms with van der Waals surface area (Å²) >= 11 is 1.97.